The summed E-state index contributed by atoms with van der Waals surface area (Å²) in [6.07, 6.45) is 3.45. The van der Waals surface area contributed by atoms with E-state index in [1.165, 1.54) is 0 Å². The smallest absolute Gasteiger partial charge is 0.253 e. The van der Waals surface area contributed by atoms with Crippen LogP contribution in [0.1, 0.15) is 36.3 Å². The van der Waals surface area contributed by atoms with Gasteiger partial charge in [-0.05, 0) is 54.7 Å². The lowest BCUT2D eigenvalue weighted by molar-refractivity contribution is 0.0796. The number of likely N-dealkylation sites (N-methyl/N-ethyl adjacent to an activating group) is 1. The van der Waals surface area contributed by atoms with Gasteiger partial charge in [0.25, 0.3) is 5.91 Å². The predicted octanol–water partition coefficient (Wildman–Crippen LogP) is 3.06. The molecule has 1 aromatic heterocycles. The molecule has 2 unspecified atom stereocenters. The Bertz CT molecular complexity index is 920. The van der Waals surface area contributed by atoms with Crippen molar-refractivity contribution in [1.29, 1.82) is 0 Å². The zero-order valence-electron chi connectivity index (χ0n) is 17.3. The second kappa shape index (κ2) is 9.05. The number of rotatable bonds is 6. The van der Waals surface area contributed by atoms with Gasteiger partial charge in [0.15, 0.2) is 0 Å². The zero-order chi connectivity index (χ0) is 21.0. The van der Waals surface area contributed by atoms with Crippen LogP contribution in [-0.2, 0) is 16.4 Å². The van der Waals surface area contributed by atoms with Crippen molar-refractivity contribution in [2.45, 2.75) is 31.6 Å². The van der Waals surface area contributed by atoms with Crippen molar-refractivity contribution in [3.63, 3.8) is 0 Å². The topological polar surface area (TPSA) is 70.6 Å². The predicted molar refractivity (Wildman–Crippen MR) is 113 cm³/mol. The minimum atomic E-state index is -3.54. The second-order valence-electron chi connectivity index (χ2n) is 8.09. The number of benzene rings is 1. The van der Waals surface area contributed by atoms with Crippen molar-refractivity contribution in [3.8, 4) is 0 Å². The molecule has 1 fully saturated rings. The molecule has 0 saturated carbocycles. The van der Waals surface area contributed by atoms with Gasteiger partial charge in [-0.3, -0.25) is 9.78 Å². The SMILES string of the molecule is CC1CC(C)CN(S(=O)(=O)c2ccc(C(=O)N(C)CCc3ccccn3)cc2)C1. The second-order valence-corrected chi connectivity index (χ2v) is 10.0. The average Bonchev–Trinajstić information content (AvgIpc) is 2.71. The van der Waals surface area contributed by atoms with E-state index in [-0.39, 0.29) is 10.8 Å². The average molecular weight is 416 g/mol. The highest BCUT2D eigenvalue weighted by molar-refractivity contribution is 7.89. The fourth-order valence-corrected chi connectivity index (χ4v) is 5.55. The van der Waals surface area contributed by atoms with Gasteiger partial charge in [0.05, 0.1) is 4.90 Å². The van der Waals surface area contributed by atoms with E-state index in [9.17, 15) is 13.2 Å². The number of amides is 1. The largest absolute Gasteiger partial charge is 0.341 e. The molecule has 0 bridgehead atoms. The summed E-state index contributed by atoms with van der Waals surface area (Å²) in [7, 11) is -1.79. The number of nitrogens with zero attached hydrogens (tertiary/aromatic N) is 3. The monoisotopic (exact) mass is 415 g/mol. The molecule has 3 rings (SSSR count). The van der Waals surface area contributed by atoms with Crippen molar-refractivity contribution in [3.05, 3.63) is 59.9 Å². The highest BCUT2D eigenvalue weighted by atomic mass is 32.2. The van der Waals surface area contributed by atoms with Crippen LogP contribution in [0, 0.1) is 11.8 Å². The van der Waals surface area contributed by atoms with Crippen LogP contribution in [0.15, 0.2) is 53.6 Å². The third-order valence-corrected chi connectivity index (χ3v) is 7.20. The Morgan fingerprint density at radius 1 is 1.10 bits per heavy atom. The maximum Gasteiger partial charge on any atom is 0.253 e. The summed E-state index contributed by atoms with van der Waals surface area (Å²) in [6.45, 7) is 5.80. The minimum absolute atomic E-state index is 0.134. The number of hydrogen-bond donors (Lipinski definition) is 0. The number of hydrogen-bond acceptors (Lipinski definition) is 4. The van der Waals surface area contributed by atoms with Gasteiger partial charge in [0, 0.05) is 50.6 Å². The Morgan fingerprint density at radius 3 is 2.34 bits per heavy atom. The van der Waals surface area contributed by atoms with Gasteiger partial charge >= 0.3 is 0 Å². The van der Waals surface area contributed by atoms with Crippen LogP contribution in [0.4, 0.5) is 0 Å². The molecule has 1 aliphatic heterocycles. The Kier molecular flexibility index (Phi) is 6.70. The van der Waals surface area contributed by atoms with Crippen LogP contribution in [-0.4, -0.2) is 55.2 Å². The lowest BCUT2D eigenvalue weighted by atomic mass is 9.94. The molecular weight excluding hydrogens is 386 g/mol. The van der Waals surface area contributed by atoms with E-state index in [1.807, 2.05) is 18.2 Å². The molecule has 0 aliphatic carbocycles. The normalized spacial score (nSPS) is 20.4. The van der Waals surface area contributed by atoms with E-state index in [0.717, 1.165) is 12.1 Å². The van der Waals surface area contributed by atoms with Crippen molar-refractivity contribution >= 4 is 15.9 Å². The maximum atomic E-state index is 13.0. The molecule has 1 amide bonds. The van der Waals surface area contributed by atoms with Crippen molar-refractivity contribution in [2.24, 2.45) is 11.8 Å². The van der Waals surface area contributed by atoms with Crippen LogP contribution in [0.25, 0.3) is 0 Å². The minimum Gasteiger partial charge on any atom is -0.341 e. The molecular formula is C22H29N3O3S. The van der Waals surface area contributed by atoms with Crippen LogP contribution >= 0.6 is 0 Å². The number of carbonyl (C=O) groups excluding carboxylic acids is 1. The Morgan fingerprint density at radius 2 is 1.76 bits per heavy atom. The molecule has 2 heterocycles. The van der Waals surface area contributed by atoms with Crippen molar-refractivity contribution < 1.29 is 13.2 Å². The molecule has 29 heavy (non-hydrogen) atoms. The number of sulfonamides is 1. The van der Waals surface area contributed by atoms with E-state index in [2.05, 4.69) is 18.8 Å². The third-order valence-electron chi connectivity index (χ3n) is 5.35. The molecule has 7 heteroatoms. The standard InChI is InChI=1S/C22H29N3O3S/c1-17-14-18(2)16-25(15-17)29(27,28)21-9-7-19(8-10-21)22(26)24(3)13-11-20-6-4-5-12-23-20/h4-10,12,17-18H,11,13-16H2,1-3H3. The molecule has 156 valence electrons. The number of pyridine rings is 1. The lowest BCUT2D eigenvalue weighted by Crippen LogP contribution is -2.42. The Hall–Kier alpha value is -2.25. The molecule has 1 aliphatic rings. The summed E-state index contributed by atoms with van der Waals surface area (Å²) in [5.74, 6) is 0.564. The summed E-state index contributed by atoms with van der Waals surface area (Å²) in [5, 5.41) is 0. The van der Waals surface area contributed by atoms with Gasteiger partial charge in [0.1, 0.15) is 0 Å². The van der Waals surface area contributed by atoms with Gasteiger partial charge in [-0.1, -0.05) is 19.9 Å². The summed E-state index contributed by atoms with van der Waals surface area (Å²) in [6, 6.07) is 12.0. The summed E-state index contributed by atoms with van der Waals surface area (Å²) < 4.78 is 27.5. The molecule has 1 aromatic carbocycles. The number of aromatic nitrogens is 1. The number of carbonyl (C=O) groups is 1. The molecule has 6 nitrogen and oxygen atoms in total. The fourth-order valence-electron chi connectivity index (χ4n) is 3.87. The summed E-state index contributed by atoms with van der Waals surface area (Å²) >= 11 is 0. The number of piperidine rings is 1. The van der Waals surface area contributed by atoms with Gasteiger partial charge in [-0.15, -0.1) is 0 Å². The van der Waals surface area contributed by atoms with E-state index in [0.29, 0.717) is 43.5 Å². The highest BCUT2D eigenvalue weighted by Gasteiger charge is 2.31. The van der Waals surface area contributed by atoms with E-state index in [4.69, 9.17) is 0 Å². The summed E-state index contributed by atoms with van der Waals surface area (Å²) in [4.78, 5) is 18.8. The highest BCUT2D eigenvalue weighted by Crippen LogP contribution is 2.26. The van der Waals surface area contributed by atoms with Crippen LogP contribution in [0.2, 0.25) is 0 Å². The molecule has 2 atom stereocenters. The maximum absolute atomic E-state index is 13.0. The van der Waals surface area contributed by atoms with Gasteiger partial charge in [0.2, 0.25) is 10.0 Å². The zero-order valence-corrected chi connectivity index (χ0v) is 18.1. The van der Waals surface area contributed by atoms with Gasteiger partial charge < -0.3 is 4.90 Å². The summed E-state index contributed by atoms with van der Waals surface area (Å²) in [5.41, 5.74) is 1.41. The van der Waals surface area contributed by atoms with Crippen molar-refractivity contribution in [1.82, 2.24) is 14.2 Å². The van der Waals surface area contributed by atoms with Crippen LogP contribution in [0.5, 0.6) is 0 Å². The first kappa shape index (κ1) is 21.5. The first-order valence-electron chi connectivity index (χ1n) is 10.0. The van der Waals surface area contributed by atoms with Crippen LogP contribution in [0.3, 0.4) is 0 Å². The van der Waals surface area contributed by atoms with E-state index in [1.54, 1.807) is 46.7 Å². The first-order chi connectivity index (χ1) is 13.8. The molecule has 0 N–H and O–H groups in total. The van der Waals surface area contributed by atoms with Gasteiger partial charge in [-0.2, -0.15) is 4.31 Å². The fraction of sp³-hybridized carbons (Fsp3) is 0.455. The van der Waals surface area contributed by atoms with Crippen LogP contribution < -0.4 is 0 Å². The quantitative estimate of drug-likeness (QED) is 0.727. The Balaban J connectivity index is 1.66. The van der Waals surface area contributed by atoms with E-state index < -0.39 is 10.0 Å². The molecule has 0 spiro atoms. The molecule has 0 radical (unpaired) electrons. The Labute approximate surface area is 173 Å². The molecule has 2 aromatic rings. The first-order valence-corrected chi connectivity index (χ1v) is 11.5. The van der Waals surface area contributed by atoms with E-state index >= 15 is 0 Å². The molecule has 1 saturated heterocycles. The van der Waals surface area contributed by atoms with Crippen molar-refractivity contribution in [2.75, 3.05) is 26.7 Å². The van der Waals surface area contributed by atoms with Gasteiger partial charge in [-0.25, -0.2) is 8.42 Å². The third kappa shape index (κ3) is 5.22. The lowest BCUT2D eigenvalue weighted by Gasteiger charge is -2.34.